The van der Waals surface area contributed by atoms with Gasteiger partial charge in [0.2, 0.25) is 0 Å². The van der Waals surface area contributed by atoms with Crippen molar-refractivity contribution >= 4 is 21.8 Å². The van der Waals surface area contributed by atoms with Crippen LogP contribution in [0.1, 0.15) is 24.4 Å². The third kappa shape index (κ3) is 4.17. The molecule has 1 aromatic carbocycles. The summed E-state index contributed by atoms with van der Waals surface area (Å²) in [6, 6.07) is 7.62. The molecule has 7 heteroatoms. The van der Waals surface area contributed by atoms with Crippen LogP contribution in [0.25, 0.3) is 0 Å². The molecule has 0 saturated carbocycles. The third-order valence-corrected chi connectivity index (χ3v) is 4.87. The molecule has 2 rings (SSSR count). The molecule has 1 saturated heterocycles. The Morgan fingerprint density at radius 2 is 2.05 bits per heavy atom. The lowest BCUT2D eigenvalue weighted by atomic mass is 10.1. The van der Waals surface area contributed by atoms with E-state index in [0.717, 1.165) is 31.5 Å². The Hall–Kier alpha value is -0.660. The van der Waals surface area contributed by atoms with Gasteiger partial charge in [0.25, 0.3) is 10.2 Å². The van der Waals surface area contributed by atoms with Gasteiger partial charge in [-0.2, -0.15) is 8.42 Å². The first-order chi connectivity index (χ1) is 9.52. The van der Waals surface area contributed by atoms with E-state index in [2.05, 4.69) is 14.3 Å². The Bertz CT molecular complexity index is 544. The molecule has 0 aromatic heterocycles. The Morgan fingerprint density at radius 3 is 2.65 bits per heavy atom. The molecule has 5 nitrogen and oxygen atoms in total. The van der Waals surface area contributed by atoms with Gasteiger partial charge >= 0.3 is 0 Å². The SMILES string of the molecule is CNS(=O)(=O)NCC(c1cccc(Cl)c1)N1CCCC1. The van der Waals surface area contributed by atoms with Gasteiger partial charge in [-0.25, -0.2) is 9.44 Å². The second-order valence-electron chi connectivity index (χ2n) is 4.87. The summed E-state index contributed by atoms with van der Waals surface area (Å²) in [7, 11) is -2.03. The van der Waals surface area contributed by atoms with Gasteiger partial charge < -0.3 is 0 Å². The van der Waals surface area contributed by atoms with Gasteiger partial charge in [-0.1, -0.05) is 23.7 Å². The Morgan fingerprint density at radius 1 is 1.35 bits per heavy atom. The van der Waals surface area contributed by atoms with Gasteiger partial charge in [-0.3, -0.25) is 4.90 Å². The van der Waals surface area contributed by atoms with Crippen molar-refractivity contribution in [3.63, 3.8) is 0 Å². The summed E-state index contributed by atoms with van der Waals surface area (Å²) in [6.45, 7) is 2.31. The number of hydrogen-bond donors (Lipinski definition) is 2. The van der Waals surface area contributed by atoms with Crippen LogP contribution in [0.2, 0.25) is 5.02 Å². The first-order valence-electron chi connectivity index (χ1n) is 6.69. The Kier molecular flexibility index (Phi) is 5.40. The highest BCUT2D eigenvalue weighted by Gasteiger charge is 2.24. The van der Waals surface area contributed by atoms with E-state index < -0.39 is 10.2 Å². The lowest BCUT2D eigenvalue weighted by Crippen LogP contribution is -2.40. The highest BCUT2D eigenvalue weighted by Crippen LogP contribution is 2.26. The van der Waals surface area contributed by atoms with Crippen molar-refractivity contribution in [1.82, 2.24) is 14.3 Å². The number of hydrogen-bond acceptors (Lipinski definition) is 3. The van der Waals surface area contributed by atoms with Crippen molar-refractivity contribution in [1.29, 1.82) is 0 Å². The second kappa shape index (κ2) is 6.87. The van der Waals surface area contributed by atoms with E-state index in [0.29, 0.717) is 11.6 Å². The second-order valence-corrected chi connectivity index (χ2v) is 7.01. The number of rotatable bonds is 6. The van der Waals surface area contributed by atoms with Crippen molar-refractivity contribution < 1.29 is 8.42 Å². The molecule has 112 valence electrons. The molecular weight excluding hydrogens is 298 g/mol. The average Bonchev–Trinajstić information content (AvgIpc) is 2.93. The zero-order valence-corrected chi connectivity index (χ0v) is 13.0. The summed E-state index contributed by atoms with van der Waals surface area (Å²) in [5.41, 5.74) is 1.04. The largest absolute Gasteiger partial charge is 0.295 e. The Labute approximate surface area is 125 Å². The van der Waals surface area contributed by atoms with Crippen LogP contribution in [0.15, 0.2) is 24.3 Å². The van der Waals surface area contributed by atoms with E-state index >= 15 is 0 Å². The van der Waals surface area contributed by atoms with Crippen LogP contribution in [0.3, 0.4) is 0 Å². The summed E-state index contributed by atoms with van der Waals surface area (Å²) in [4.78, 5) is 2.30. The van der Waals surface area contributed by atoms with Gasteiger partial charge in [0.05, 0.1) is 0 Å². The van der Waals surface area contributed by atoms with E-state index in [4.69, 9.17) is 11.6 Å². The van der Waals surface area contributed by atoms with Gasteiger partial charge in [0.1, 0.15) is 0 Å². The van der Waals surface area contributed by atoms with Crippen LogP contribution in [0, 0.1) is 0 Å². The molecule has 20 heavy (non-hydrogen) atoms. The lowest BCUT2D eigenvalue weighted by molar-refractivity contribution is 0.246. The number of benzene rings is 1. The summed E-state index contributed by atoms with van der Waals surface area (Å²) in [5.74, 6) is 0. The molecule has 0 bridgehead atoms. The first-order valence-corrected chi connectivity index (χ1v) is 8.55. The van der Waals surface area contributed by atoms with E-state index in [9.17, 15) is 8.42 Å². The van der Waals surface area contributed by atoms with Crippen LogP contribution >= 0.6 is 11.6 Å². The molecule has 1 unspecified atom stereocenters. The molecule has 0 aliphatic carbocycles. The topological polar surface area (TPSA) is 61.4 Å². The van der Waals surface area contributed by atoms with Crippen LogP contribution < -0.4 is 9.44 Å². The minimum atomic E-state index is -3.42. The quantitative estimate of drug-likeness (QED) is 0.836. The fourth-order valence-corrected chi connectivity index (χ4v) is 3.21. The van der Waals surface area contributed by atoms with Crippen LogP contribution in [-0.2, 0) is 10.2 Å². The average molecular weight is 318 g/mol. The molecule has 1 aliphatic heterocycles. The van der Waals surface area contributed by atoms with Gasteiger partial charge in [-0.05, 0) is 43.6 Å². The minimum absolute atomic E-state index is 0.0133. The van der Waals surface area contributed by atoms with Crippen molar-refractivity contribution in [3.05, 3.63) is 34.9 Å². The maximum atomic E-state index is 11.6. The minimum Gasteiger partial charge on any atom is -0.295 e. The van der Waals surface area contributed by atoms with Crippen molar-refractivity contribution in [2.45, 2.75) is 18.9 Å². The summed E-state index contributed by atoms with van der Waals surface area (Å²) in [6.07, 6.45) is 2.30. The molecule has 1 fully saturated rings. The number of halogens is 1. The summed E-state index contributed by atoms with van der Waals surface area (Å²) >= 11 is 6.04. The summed E-state index contributed by atoms with van der Waals surface area (Å²) < 4.78 is 27.9. The third-order valence-electron chi connectivity index (χ3n) is 3.55. The van der Waals surface area contributed by atoms with Crippen LogP contribution in [-0.4, -0.2) is 40.0 Å². The number of nitrogens with one attached hydrogen (secondary N) is 2. The Balaban J connectivity index is 2.16. The maximum Gasteiger partial charge on any atom is 0.276 e. The van der Waals surface area contributed by atoms with Gasteiger partial charge in [0, 0.05) is 24.7 Å². The normalized spacial score (nSPS) is 18.3. The smallest absolute Gasteiger partial charge is 0.276 e. The number of nitrogens with zero attached hydrogens (tertiary/aromatic N) is 1. The van der Waals surface area contributed by atoms with Crippen molar-refractivity contribution in [2.75, 3.05) is 26.7 Å². The van der Waals surface area contributed by atoms with Crippen LogP contribution in [0.5, 0.6) is 0 Å². The molecule has 0 radical (unpaired) electrons. The predicted molar refractivity (Wildman–Crippen MR) is 81.0 cm³/mol. The molecule has 1 heterocycles. The zero-order chi connectivity index (χ0) is 14.6. The molecular formula is C13H20ClN3O2S. The molecule has 2 N–H and O–H groups in total. The van der Waals surface area contributed by atoms with Crippen molar-refractivity contribution in [3.8, 4) is 0 Å². The van der Waals surface area contributed by atoms with Crippen LogP contribution in [0.4, 0.5) is 0 Å². The molecule has 0 amide bonds. The van der Waals surface area contributed by atoms with E-state index in [1.54, 1.807) is 0 Å². The highest BCUT2D eigenvalue weighted by atomic mass is 35.5. The van der Waals surface area contributed by atoms with E-state index in [1.807, 2.05) is 24.3 Å². The first kappa shape index (κ1) is 15.7. The van der Waals surface area contributed by atoms with Gasteiger partial charge in [-0.15, -0.1) is 0 Å². The molecule has 1 aliphatic rings. The maximum absolute atomic E-state index is 11.6. The number of likely N-dealkylation sites (tertiary alicyclic amines) is 1. The van der Waals surface area contributed by atoms with E-state index in [1.165, 1.54) is 7.05 Å². The van der Waals surface area contributed by atoms with E-state index in [-0.39, 0.29) is 6.04 Å². The molecule has 0 spiro atoms. The monoisotopic (exact) mass is 317 g/mol. The zero-order valence-electron chi connectivity index (χ0n) is 11.5. The molecule has 1 atom stereocenters. The highest BCUT2D eigenvalue weighted by molar-refractivity contribution is 7.87. The van der Waals surface area contributed by atoms with Gasteiger partial charge in [0.15, 0.2) is 0 Å². The summed E-state index contributed by atoms with van der Waals surface area (Å²) in [5, 5.41) is 0.670. The predicted octanol–water partition coefficient (Wildman–Crippen LogP) is 1.53. The fourth-order valence-electron chi connectivity index (χ4n) is 2.49. The molecule has 1 aromatic rings. The fraction of sp³-hybridized carbons (Fsp3) is 0.538. The lowest BCUT2D eigenvalue weighted by Gasteiger charge is -2.28. The standard InChI is InChI=1S/C13H20ClN3O2S/c1-15-20(18,19)16-10-13(17-7-2-3-8-17)11-5-4-6-12(14)9-11/h4-6,9,13,15-16H,2-3,7-8,10H2,1H3. The van der Waals surface area contributed by atoms with Crippen molar-refractivity contribution in [2.24, 2.45) is 0 Å².